The maximum Gasteiger partial charge on any atom is 0.214 e. The van der Waals surface area contributed by atoms with Crippen LogP contribution in [0.2, 0.25) is 0 Å². The monoisotopic (exact) mass is 171 g/mol. The Hall–Kier alpha value is -0.900. The summed E-state index contributed by atoms with van der Waals surface area (Å²) in [6, 6.07) is 0. The molecule has 0 atom stereocenters. The number of nitrogens with zero attached hydrogens (tertiary/aromatic N) is 2. The molecule has 1 aromatic heterocycles. The summed E-state index contributed by atoms with van der Waals surface area (Å²) >= 11 is 0. The third kappa shape index (κ3) is 1.82. The lowest BCUT2D eigenvalue weighted by Crippen LogP contribution is -2.03. The van der Waals surface area contributed by atoms with Crippen molar-refractivity contribution in [1.29, 1.82) is 0 Å². The van der Waals surface area contributed by atoms with Crippen LogP contribution < -0.4 is 5.73 Å². The molecule has 0 aliphatic carbocycles. The number of aryl methyl sites for hydroxylation is 2. The number of halogens is 1. The third-order valence-electron chi connectivity index (χ3n) is 1.79. The zero-order valence-corrected chi connectivity index (χ0v) is 7.26. The quantitative estimate of drug-likeness (QED) is 0.732. The first-order valence-corrected chi connectivity index (χ1v) is 4.19. The van der Waals surface area contributed by atoms with E-state index < -0.39 is 0 Å². The molecule has 0 radical (unpaired) electrons. The number of hydrogen-bond acceptors (Lipinski definition) is 2. The van der Waals surface area contributed by atoms with E-state index in [1.54, 1.807) is 6.20 Å². The molecule has 0 aromatic carbocycles. The van der Waals surface area contributed by atoms with Crippen LogP contribution in [-0.4, -0.2) is 16.3 Å². The molecular formula is C8H14FN3. The van der Waals surface area contributed by atoms with Crippen LogP contribution in [0.5, 0.6) is 0 Å². The second-order valence-corrected chi connectivity index (χ2v) is 2.67. The van der Waals surface area contributed by atoms with Crippen LogP contribution in [0, 0.1) is 5.95 Å². The van der Waals surface area contributed by atoms with Crippen LogP contribution in [0.1, 0.15) is 18.9 Å². The summed E-state index contributed by atoms with van der Waals surface area (Å²) in [4.78, 5) is 0. The Morgan fingerprint density at radius 3 is 2.92 bits per heavy atom. The second kappa shape index (κ2) is 4.21. The summed E-state index contributed by atoms with van der Waals surface area (Å²) in [6.07, 6.45) is 3.07. The van der Waals surface area contributed by atoms with E-state index in [9.17, 15) is 4.39 Å². The zero-order chi connectivity index (χ0) is 8.97. The third-order valence-corrected chi connectivity index (χ3v) is 1.79. The summed E-state index contributed by atoms with van der Waals surface area (Å²) in [5.41, 5.74) is 5.98. The molecule has 3 nitrogen and oxygen atoms in total. The molecule has 68 valence electrons. The summed E-state index contributed by atoms with van der Waals surface area (Å²) < 4.78 is 14.6. The highest BCUT2D eigenvalue weighted by atomic mass is 19.1. The molecular weight excluding hydrogens is 157 g/mol. The van der Waals surface area contributed by atoms with E-state index in [1.165, 1.54) is 4.68 Å². The maximum absolute atomic E-state index is 13.2. The smallest absolute Gasteiger partial charge is 0.214 e. The van der Waals surface area contributed by atoms with Crippen molar-refractivity contribution in [3.05, 3.63) is 17.7 Å². The van der Waals surface area contributed by atoms with Crippen LogP contribution in [-0.2, 0) is 13.0 Å². The standard InChI is InChI=1S/C8H14FN3/c1-2-12-8(9)7(6-11-12)4-3-5-10/h6H,2-5,10H2,1H3. The van der Waals surface area contributed by atoms with Crippen LogP contribution in [0.3, 0.4) is 0 Å². The Labute approximate surface area is 71.4 Å². The Balaban J connectivity index is 2.66. The molecule has 0 amide bonds. The first-order chi connectivity index (χ1) is 5.79. The number of hydrogen-bond donors (Lipinski definition) is 1. The highest BCUT2D eigenvalue weighted by Crippen LogP contribution is 2.07. The van der Waals surface area contributed by atoms with Gasteiger partial charge in [-0.3, -0.25) is 0 Å². The molecule has 0 aliphatic heterocycles. The van der Waals surface area contributed by atoms with Gasteiger partial charge < -0.3 is 5.73 Å². The fourth-order valence-corrected chi connectivity index (χ4v) is 1.09. The van der Waals surface area contributed by atoms with Crippen molar-refractivity contribution in [2.45, 2.75) is 26.3 Å². The van der Waals surface area contributed by atoms with E-state index in [0.29, 0.717) is 25.1 Å². The van der Waals surface area contributed by atoms with E-state index in [4.69, 9.17) is 5.73 Å². The van der Waals surface area contributed by atoms with Crippen LogP contribution in [0.15, 0.2) is 6.20 Å². The van der Waals surface area contributed by atoms with Gasteiger partial charge in [-0.05, 0) is 26.3 Å². The molecule has 0 bridgehead atoms. The number of nitrogens with two attached hydrogens (primary N) is 1. The lowest BCUT2D eigenvalue weighted by Gasteiger charge is -1.97. The van der Waals surface area contributed by atoms with Crippen LogP contribution >= 0.6 is 0 Å². The zero-order valence-electron chi connectivity index (χ0n) is 7.26. The first-order valence-electron chi connectivity index (χ1n) is 4.19. The van der Waals surface area contributed by atoms with Gasteiger partial charge in [0.2, 0.25) is 5.95 Å². The van der Waals surface area contributed by atoms with Gasteiger partial charge in [0, 0.05) is 12.1 Å². The average molecular weight is 171 g/mol. The van der Waals surface area contributed by atoms with Gasteiger partial charge in [-0.1, -0.05) is 0 Å². The number of aromatic nitrogens is 2. The largest absolute Gasteiger partial charge is 0.330 e. The van der Waals surface area contributed by atoms with Gasteiger partial charge in [-0.15, -0.1) is 0 Å². The molecule has 1 rings (SSSR count). The summed E-state index contributed by atoms with van der Waals surface area (Å²) in [5.74, 6) is -0.217. The van der Waals surface area contributed by atoms with E-state index in [-0.39, 0.29) is 5.95 Å². The van der Waals surface area contributed by atoms with Crippen LogP contribution in [0.25, 0.3) is 0 Å². The van der Waals surface area contributed by atoms with Gasteiger partial charge >= 0.3 is 0 Å². The molecule has 4 heteroatoms. The molecule has 0 saturated heterocycles. The first kappa shape index (κ1) is 9.19. The number of rotatable bonds is 4. The SMILES string of the molecule is CCn1ncc(CCCN)c1F. The Morgan fingerprint density at radius 1 is 1.67 bits per heavy atom. The minimum absolute atomic E-state index is 0.217. The van der Waals surface area contributed by atoms with Crippen molar-refractivity contribution in [3.63, 3.8) is 0 Å². The van der Waals surface area contributed by atoms with Gasteiger partial charge in [0.05, 0.1) is 6.20 Å². The topological polar surface area (TPSA) is 43.8 Å². The van der Waals surface area contributed by atoms with Gasteiger partial charge in [-0.2, -0.15) is 9.49 Å². The molecule has 0 saturated carbocycles. The molecule has 0 fully saturated rings. The van der Waals surface area contributed by atoms with E-state index in [1.807, 2.05) is 6.92 Å². The van der Waals surface area contributed by atoms with Gasteiger partial charge in [-0.25, -0.2) is 4.68 Å². The van der Waals surface area contributed by atoms with Gasteiger partial charge in [0.15, 0.2) is 0 Å². The molecule has 2 N–H and O–H groups in total. The molecule has 0 aliphatic rings. The Bertz CT molecular complexity index is 244. The van der Waals surface area contributed by atoms with Gasteiger partial charge in [0.1, 0.15) is 0 Å². The maximum atomic E-state index is 13.2. The summed E-state index contributed by atoms with van der Waals surface area (Å²) in [5, 5.41) is 3.89. The lowest BCUT2D eigenvalue weighted by molar-refractivity contribution is 0.463. The van der Waals surface area contributed by atoms with Crippen molar-refractivity contribution in [3.8, 4) is 0 Å². The molecule has 12 heavy (non-hydrogen) atoms. The highest BCUT2D eigenvalue weighted by molar-refractivity contribution is 5.06. The normalized spacial score (nSPS) is 10.6. The lowest BCUT2D eigenvalue weighted by atomic mass is 10.2. The predicted octanol–water partition coefficient (Wildman–Crippen LogP) is 0.933. The van der Waals surface area contributed by atoms with Crippen molar-refractivity contribution in [1.82, 2.24) is 9.78 Å². The van der Waals surface area contributed by atoms with Crippen molar-refractivity contribution < 1.29 is 4.39 Å². The van der Waals surface area contributed by atoms with Gasteiger partial charge in [0.25, 0.3) is 0 Å². The fourth-order valence-electron chi connectivity index (χ4n) is 1.09. The molecule has 0 unspecified atom stereocenters. The molecule has 1 heterocycles. The highest BCUT2D eigenvalue weighted by Gasteiger charge is 2.07. The van der Waals surface area contributed by atoms with Crippen LogP contribution in [0.4, 0.5) is 4.39 Å². The molecule has 1 aromatic rings. The average Bonchev–Trinajstić information content (AvgIpc) is 2.43. The minimum Gasteiger partial charge on any atom is -0.330 e. The Morgan fingerprint density at radius 2 is 2.42 bits per heavy atom. The van der Waals surface area contributed by atoms with Crippen molar-refractivity contribution in [2.75, 3.05) is 6.54 Å². The van der Waals surface area contributed by atoms with Crippen molar-refractivity contribution >= 4 is 0 Å². The Kier molecular flexibility index (Phi) is 3.22. The summed E-state index contributed by atoms with van der Waals surface area (Å²) in [7, 11) is 0. The predicted molar refractivity (Wildman–Crippen MR) is 45.2 cm³/mol. The van der Waals surface area contributed by atoms with E-state index >= 15 is 0 Å². The minimum atomic E-state index is -0.217. The summed E-state index contributed by atoms with van der Waals surface area (Å²) in [6.45, 7) is 3.04. The fraction of sp³-hybridized carbons (Fsp3) is 0.625. The van der Waals surface area contributed by atoms with E-state index in [2.05, 4.69) is 5.10 Å². The second-order valence-electron chi connectivity index (χ2n) is 2.67. The molecule has 0 spiro atoms. The van der Waals surface area contributed by atoms with Crippen molar-refractivity contribution in [2.24, 2.45) is 5.73 Å². The van der Waals surface area contributed by atoms with E-state index in [0.717, 1.165) is 6.42 Å².